The Balaban J connectivity index is 1.70. The lowest BCUT2D eigenvalue weighted by Crippen LogP contribution is -2.25. The quantitative estimate of drug-likeness (QED) is 0.655. The predicted octanol–water partition coefficient (Wildman–Crippen LogP) is 3.25. The molecule has 1 saturated heterocycles. The zero-order valence-electron chi connectivity index (χ0n) is 13.3. The molecule has 2 atom stereocenters. The van der Waals surface area contributed by atoms with Gasteiger partial charge in [0, 0.05) is 16.2 Å². The lowest BCUT2D eigenvalue weighted by molar-refractivity contribution is -0.111. The van der Waals surface area contributed by atoms with Gasteiger partial charge in [-0.1, -0.05) is 17.4 Å². The van der Waals surface area contributed by atoms with Crippen LogP contribution >= 0.6 is 22.7 Å². The molecule has 2 aromatic heterocycles. The van der Waals surface area contributed by atoms with Crippen molar-refractivity contribution < 1.29 is 4.79 Å². The summed E-state index contributed by atoms with van der Waals surface area (Å²) in [6, 6.07) is 12.2. The number of anilines is 1. The number of hydrogen-bond acceptors (Lipinski definition) is 6. The lowest BCUT2D eigenvalue weighted by atomic mass is 9.90. The number of fused-ring (bicyclic) bond motifs is 1. The Kier molecular flexibility index (Phi) is 2.94. The fourth-order valence-corrected chi connectivity index (χ4v) is 5.66. The van der Waals surface area contributed by atoms with Crippen LogP contribution in [0, 0.1) is 18.3 Å². The summed E-state index contributed by atoms with van der Waals surface area (Å²) in [4.78, 5) is 17.1. The summed E-state index contributed by atoms with van der Waals surface area (Å²) >= 11 is 3.09. The predicted molar refractivity (Wildman–Crippen MR) is 95.9 cm³/mol. The SMILES string of the molecule is Cc1ccc([C@@H]2c3cc(C#N)ccc3C[C@]23C(=O)N3c2nncs2)s1. The van der Waals surface area contributed by atoms with Gasteiger partial charge >= 0.3 is 0 Å². The lowest BCUT2D eigenvalue weighted by Gasteiger charge is -2.17. The fourth-order valence-electron chi connectivity index (χ4n) is 3.94. The molecule has 1 fully saturated rings. The fraction of sp³-hybridized carbons (Fsp3) is 0.222. The first-order valence-electron chi connectivity index (χ1n) is 7.85. The highest BCUT2D eigenvalue weighted by molar-refractivity contribution is 7.14. The van der Waals surface area contributed by atoms with Gasteiger partial charge in [0.25, 0.3) is 5.91 Å². The minimum absolute atomic E-state index is 0.0640. The van der Waals surface area contributed by atoms with Gasteiger partial charge in [0.05, 0.1) is 17.6 Å². The summed E-state index contributed by atoms with van der Waals surface area (Å²) in [5.41, 5.74) is 3.88. The highest BCUT2D eigenvalue weighted by Crippen LogP contribution is 2.59. The van der Waals surface area contributed by atoms with E-state index in [0.717, 1.165) is 16.0 Å². The molecule has 7 heteroatoms. The molecule has 25 heavy (non-hydrogen) atoms. The second-order valence-electron chi connectivity index (χ2n) is 6.37. The first-order chi connectivity index (χ1) is 12.1. The molecule has 122 valence electrons. The minimum atomic E-state index is -0.618. The monoisotopic (exact) mass is 364 g/mol. The molecule has 0 N–H and O–H groups in total. The van der Waals surface area contributed by atoms with E-state index in [0.29, 0.717) is 17.1 Å². The summed E-state index contributed by atoms with van der Waals surface area (Å²) in [5.74, 6) is 0.0286. The molecule has 1 aromatic carbocycles. The number of carbonyl (C=O) groups is 1. The molecular formula is C18H12N4OS2. The summed E-state index contributed by atoms with van der Waals surface area (Å²) in [7, 11) is 0. The van der Waals surface area contributed by atoms with E-state index in [9.17, 15) is 10.1 Å². The van der Waals surface area contributed by atoms with E-state index in [1.54, 1.807) is 21.7 Å². The van der Waals surface area contributed by atoms with Crippen molar-refractivity contribution in [1.82, 2.24) is 10.2 Å². The van der Waals surface area contributed by atoms with E-state index < -0.39 is 5.54 Å². The summed E-state index contributed by atoms with van der Waals surface area (Å²) in [6.07, 6.45) is 0.647. The van der Waals surface area contributed by atoms with Gasteiger partial charge < -0.3 is 0 Å². The average Bonchev–Trinajstić information content (AvgIpc) is 3.13. The van der Waals surface area contributed by atoms with Gasteiger partial charge in [-0.05, 0) is 42.3 Å². The maximum atomic E-state index is 13.0. The highest BCUT2D eigenvalue weighted by Gasteiger charge is 2.72. The number of thiophene rings is 1. The first-order valence-corrected chi connectivity index (χ1v) is 9.55. The van der Waals surface area contributed by atoms with Crippen LogP contribution in [0.3, 0.4) is 0 Å². The number of aromatic nitrogens is 2. The number of nitrogens with zero attached hydrogens (tertiary/aromatic N) is 4. The van der Waals surface area contributed by atoms with Crippen molar-refractivity contribution in [1.29, 1.82) is 5.26 Å². The van der Waals surface area contributed by atoms with Crippen molar-refractivity contribution >= 4 is 33.7 Å². The van der Waals surface area contributed by atoms with Crippen LogP contribution in [0.15, 0.2) is 35.8 Å². The highest BCUT2D eigenvalue weighted by atomic mass is 32.1. The maximum absolute atomic E-state index is 13.0. The molecule has 1 spiro atoms. The Morgan fingerprint density at radius 1 is 1.36 bits per heavy atom. The second kappa shape index (κ2) is 4.97. The van der Waals surface area contributed by atoms with Crippen LogP contribution < -0.4 is 4.90 Å². The van der Waals surface area contributed by atoms with Gasteiger partial charge in [0.1, 0.15) is 11.0 Å². The topological polar surface area (TPSA) is 69.7 Å². The number of nitriles is 1. The van der Waals surface area contributed by atoms with Crippen LogP contribution in [-0.4, -0.2) is 21.6 Å². The summed E-state index contributed by atoms with van der Waals surface area (Å²) < 4.78 is 0. The maximum Gasteiger partial charge on any atom is 0.257 e. The van der Waals surface area contributed by atoms with Crippen molar-refractivity contribution in [2.45, 2.75) is 24.8 Å². The van der Waals surface area contributed by atoms with Gasteiger partial charge in [-0.3, -0.25) is 9.69 Å². The second-order valence-corrected chi connectivity index (χ2v) is 8.50. The first kappa shape index (κ1) is 14.8. The Morgan fingerprint density at radius 2 is 2.24 bits per heavy atom. The van der Waals surface area contributed by atoms with Crippen molar-refractivity contribution in [3.63, 3.8) is 0 Å². The normalized spacial score (nSPS) is 23.8. The van der Waals surface area contributed by atoms with Crippen molar-refractivity contribution in [3.8, 4) is 6.07 Å². The van der Waals surface area contributed by atoms with Crippen LogP contribution in [0.4, 0.5) is 5.13 Å². The number of benzene rings is 1. The molecule has 0 saturated carbocycles. The number of carbonyl (C=O) groups excluding carboxylic acids is 1. The van der Waals surface area contributed by atoms with Crippen LogP contribution in [0.5, 0.6) is 0 Å². The molecule has 0 bridgehead atoms. The zero-order valence-corrected chi connectivity index (χ0v) is 14.9. The van der Waals surface area contributed by atoms with E-state index in [2.05, 4.69) is 35.3 Å². The minimum Gasteiger partial charge on any atom is -0.272 e. The molecular weight excluding hydrogens is 352 g/mol. The third kappa shape index (κ3) is 1.89. The van der Waals surface area contributed by atoms with E-state index in [1.807, 2.05) is 18.2 Å². The molecule has 5 nitrogen and oxygen atoms in total. The summed E-state index contributed by atoms with van der Waals surface area (Å²) in [5, 5.41) is 17.9. The standard InChI is InChI=1S/C18H12N4OS2/c1-10-2-5-14(25-10)15-13-6-11(8-19)3-4-12(13)7-18(15)16(23)22(18)17-21-20-9-24-17/h2-6,9,15H,7H2,1H3/t15-,18+,22?/m0/s1. The molecule has 3 aromatic rings. The molecule has 0 radical (unpaired) electrons. The molecule has 5 rings (SSSR count). The zero-order chi connectivity index (χ0) is 17.2. The van der Waals surface area contributed by atoms with Crippen molar-refractivity contribution in [2.75, 3.05) is 4.90 Å². The van der Waals surface area contributed by atoms with Gasteiger partial charge in [0.15, 0.2) is 0 Å². The van der Waals surface area contributed by atoms with Crippen molar-refractivity contribution in [3.05, 3.63) is 62.3 Å². The number of amides is 1. The molecule has 2 aliphatic rings. The average molecular weight is 364 g/mol. The Morgan fingerprint density at radius 3 is 2.92 bits per heavy atom. The number of hydrogen-bond donors (Lipinski definition) is 0. The molecule has 0 unspecified atom stereocenters. The van der Waals surface area contributed by atoms with Gasteiger partial charge in [-0.15, -0.1) is 21.5 Å². The molecule has 1 aliphatic carbocycles. The third-order valence-electron chi connectivity index (χ3n) is 5.03. The molecule has 1 amide bonds. The van der Waals surface area contributed by atoms with Crippen molar-refractivity contribution in [2.24, 2.45) is 0 Å². The largest absolute Gasteiger partial charge is 0.272 e. The van der Waals surface area contributed by atoms with Gasteiger partial charge in [-0.2, -0.15) is 5.26 Å². The summed E-state index contributed by atoms with van der Waals surface area (Å²) in [6.45, 7) is 2.07. The van der Waals surface area contributed by atoms with Crippen LogP contribution in [0.1, 0.15) is 32.4 Å². The van der Waals surface area contributed by atoms with Crippen LogP contribution in [-0.2, 0) is 11.2 Å². The van der Waals surface area contributed by atoms with E-state index in [-0.39, 0.29) is 11.8 Å². The number of rotatable bonds is 2. The Hall–Kier alpha value is -2.56. The molecule has 1 aliphatic heterocycles. The molecule has 3 heterocycles. The third-order valence-corrected chi connectivity index (χ3v) is 6.77. The van der Waals surface area contributed by atoms with Gasteiger partial charge in [0.2, 0.25) is 5.13 Å². The van der Waals surface area contributed by atoms with E-state index in [1.165, 1.54) is 16.2 Å². The Bertz CT molecular complexity index is 1050. The van der Waals surface area contributed by atoms with E-state index >= 15 is 0 Å². The van der Waals surface area contributed by atoms with Gasteiger partial charge in [-0.25, -0.2) is 0 Å². The Labute approximate surface area is 152 Å². The van der Waals surface area contributed by atoms with Crippen LogP contribution in [0.25, 0.3) is 0 Å². The smallest absolute Gasteiger partial charge is 0.257 e. The van der Waals surface area contributed by atoms with Crippen LogP contribution in [0.2, 0.25) is 0 Å². The van der Waals surface area contributed by atoms with E-state index in [4.69, 9.17) is 0 Å². The number of aryl methyl sites for hydroxylation is 1.